The van der Waals surface area contributed by atoms with E-state index in [0.29, 0.717) is 30.1 Å². The third-order valence-electron chi connectivity index (χ3n) is 5.62. The van der Waals surface area contributed by atoms with Crippen molar-refractivity contribution < 1.29 is 22.7 Å². The van der Waals surface area contributed by atoms with E-state index in [-0.39, 0.29) is 29.7 Å². The van der Waals surface area contributed by atoms with Gasteiger partial charge in [0.15, 0.2) is 0 Å². The maximum absolute atomic E-state index is 13.0. The average Bonchev–Trinajstić information content (AvgIpc) is 3.17. The van der Waals surface area contributed by atoms with E-state index in [4.69, 9.17) is 4.74 Å². The first-order valence-electron chi connectivity index (χ1n) is 10.6. The van der Waals surface area contributed by atoms with Gasteiger partial charge in [-0.2, -0.15) is 4.31 Å². The number of methoxy groups -OCH3 is 1. The van der Waals surface area contributed by atoms with Crippen LogP contribution in [0.5, 0.6) is 5.75 Å². The minimum absolute atomic E-state index is 0.167. The topological polar surface area (TPSA) is 96.0 Å². The number of fused-ring (bicyclic) bond motifs is 1. The Hall–Kier alpha value is -2.91. The van der Waals surface area contributed by atoms with Gasteiger partial charge in [0.2, 0.25) is 21.8 Å². The Morgan fingerprint density at radius 1 is 1.16 bits per heavy atom. The second-order valence-corrected chi connectivity index (χ2v) is 9.50. The van der Waals surface area contributed by atoms with E-state index in [0.717, 1.165) is 5.56 Å². The number of amides is 2. The Bertz CT molecular complexity index is 1110. The summed E-state index contributed by atoms with van der Waals surface area (Å²) < 4.78 is 32.4. The van der Waals surface area contributed by atoms with Gasteiger partial charge in [0.05, 0.1) is 12.0 Å². The number of benzene rings is 2. The molecule has 3 rings (SSSR count). The zero-order valence-corrected chi connectivity index (χ0v) is 19.6. The van der Waals surface area contributed by atoms with Crippen LogP contribution in [0, 0.1) is 0 Å². The molecule has 0 saturated heterocycles. The number of ether oxygens (including phenoxy) is 1. The fourth-order valence-corrected chi connectivity index (χ4v) is 5.50. The maximum atomic E-state index is 13.0. The Labute approximate surface area is 189 Å². The van der Waals surface area contributed by atoms with Crippen LogP contribution < -0.4 is 15.0 Å². The Balaban J connectivity index is 1.83. The molecule has 1 aliphatic heterocycles. The van der Waals surface area contributed by atoms with Crippen molar-refractivity contribution in [2.45, 2.75) is 44.7 Å². The second kappa shape index (κ2) is 9.70. The van der Waals surface area contributed by atoms with Crippen LogP contribution in [0.25, 0.3) is 0 Å². The molecule has 0 aliphatic carbocycles. The van der Waals surface area contributed by atoms with Crippen molar-refractivity contribution in [3.63, 3.8) is 0 Å². The molecular weight excluding hydrogens is 430 g/mol. The van der Waals surface area contributed by atoms with Gasteiger partial charge in [-0.15, -0.1) is 0 Å². The SMILES string of the molecule is CCN(CC)S(=O)(=O)c1ccc2c(c1)C[C@H](C(=O)NCc1cccc(OC)c1)N2C(C)=O. The van der Waals surface area contributed by atoms with Crippen LogP contribution in [0.15, 0.2) is 47.4 Å². The highest BCUT2D eigenvalue weighted by Crippen LogP contribution is 2.35. The molecule has 2 aromatic rings. The predicted octanol–water partition coefficient (Wildman–Crippen LogP) is 2.32. The summed E-state index contributed by atoms with van der Waals surface area (Å²) in [6, 6.07) is 11.3. The molecule has 2 amide bonds. The largest absolute Gasteiger partial charge is 0.497 e. The monoisotopic (exact) mass is 459 g/mol. The number of carbonyl (C=O) groups excluding carboxylic acids is 2. The fourth-order valence-electron chi connectivity index (χ4n) is 3.99. The highest BCUT2D eigenvalue weighted by molar-refractivity contribution is 7.89. The van der Waals surface area contributed by atoms with Gasteiger partial charge in [0, 0.05) is 38.7 Å². The van der Waals surface area contributed by atoms with Crippen molar-refractivity contribution in [3.8, 4) is 5.75 Å². The molecule has 1 atom stereocenters. The number of nitrogens with one attached hydrogen (secondary N) is 1. The van der Waals surface area contributed by atoms with Crippen molar-refractivity contribution in [2.24, 2.45) is 0 Å². The van der Waals surface area contributed by atoms with Gasteiger partial charge in [-0.1, -0.05) is 26.0 Å². The summed E-state index contributed by atoms with van der Waals surface area (Å²) in [6.45, 7) is 5.99. The molecule has 0 fully saturated rings. The maximum Gasteiger partial charge on any atom is 0.243 e. The summed E-state index contributed by atoms with van der Waals surface area (Å²) in [7, 11) is -2.06. The van der Waals surface area contributed by atoms with Gasteiger partial charge in [0.25, 0.3) is 0 Å². The molecule has 0 radical (unpaired) electrons. The highest BCUT2D eigenvalue weighted by atomic mass is 32.2. The first kappa shape index (κ1) is 23.7. The number of anilines is 1. The smallest absolute Gasteiger partial charge is 0.243 e. The molecule has 1 aliphatic rings. The number of hydrogen-bond acceptors (Lipinski definition) is 5. The summed E-state index contributed by atoms with van der Waals surface area (Å²) in [5, 5.41) is 2.88. The summed E-state index contributed by atoms with van der Waals surface area (Å²) in [5.41, 5.74) is 2.10. The lowest BCUT2D eigenvalue weighted by atomic mass is 10.1. The Kier molecular flexibility index (Phi) is 7.20. The van der Waals surface area contributed by atoms with Crippen LogP contribution in [-0.2, 0) is 32.6 Å². The van der Waals surface area contributed by atoms with E-state index in [1.54, 1.807) is 33.1 Å². The van der Waals surface area contributed by atoms with Gasteiger partial charge in [-0.05, 0) is 41.5 Å². The Morgan fingerprint density at radius 3 is 2.50 bits per heavy atom. The van der Waals surface area contributed by atoms with Gasteiger partial charge in [0.1, 0.15) is 11.8 Å². The first-order chi connectivity index (χ1) is 15.2. The lowest BCUT2D eigenvalue weighted by Gasteiger charge is -2.23. The molecule has 8 nitrogen and oxygen atoms in total. The third-order valence-corrected chi connectivity index (χ3v) is 7.67. The van der Waals surface area contributed by atoms with E-state index >= 15 is 0 Å². The van der Waals surface area contributed by atoms with E-state index in [2.05, 4.69) is 5.32 Å². The fraction of sp³-hybridized carbons (Fsp3) is 0.391. The van der Waals surface area contributed by atoms with Crippen molar-refractivity contribution in [1.29, 1.82) is 0 Å². The van der Waals surface area contributed by atoms with Crippen LogP contribution in [0.1, 0.15) is 31.9 Å². The molecule has 32 heavy (non-hydrogen) atoms. The van der Waals surface area contributed by atoms with E-state index in [9.17, 15) is 18.0 Å². The second-order valence-electron chi connectivity index (χ2n) is 7.56. The molecular formula is C23H29N3O5S. The molecule has 2 aromatic carbocycles. The van der Waals surface area contributed by atoms with Crippen LogP contribution in [0.3, 0.4) is 0 Å². The van der Waals surface area contributed by atoms with Crippen molar-refractivity contribution >= 4 is 27.5 Å². The van der Waals surface area contributed by atoms with Crippen LogP contribution >= 0.6 is 0 Å². The molecule has 1 N–H and O–H groups in total. The number of rotatable bonds is 8. The molecule has 0 aromatic heterocycles. The molecule has 0 saturated carbocycles. The number of hydrogen-bond donors (Lipinski definition) is 1. The summed E-state index contributed by atoms with van der Waals surface area (Å²) in [4.78, 5) is 26.9. The average molecular weight is 460 g/mol. The van der Waals surface area contributed by atoms with E-state index < -0.39 is 16.1 Å². The molecule has 1 heterocycles. The minimum Gasteiger partial charge on any atom is -0.497 e. The summed E-state index contributed by atoms with van der Waals surface area (Å²) in [6.07, 6.45) is 0.250. The molecule has 0 unspecified atom stereocenters. The molecule has 172 valence electrons. The first-order valence-corrected chi connectivity index (χ1v) is 12.0. The molecule has 0 spiro atoms. The third kappa shape index (κ3) is 4.63. The van der Waals surface area contributed by atoms with E-state index in [1.165, 1.54) is 22.2 Å². The molecule has 9 heteroatoms. The van der Waals surface area contributed by atoms with Crippen molar-refractivity contribution in [3.05, 3.63) is 53.6 Å². The number of carbonyl (C=O) groups is 2. The lowest BCUT2D eigenvalue weighted by Crippen LogP contribution is -2.47. The van der Waals surface area contributed by atoms with Crippen LogP contribution in [0.2, 0.25) is 0 Å². The zero-order valence-electron chi connectivity index (χ0n) is 18.8. The standard InChI is InChI=1S/C23H29N3O5S/c1-5-25(6-2)32(29,30)20-10-11-21-18(13-20)14-22(26(21)16(3)27)23(28)24-15-17-8-7-9-19(12-17)31-4/h7-13,22H,5-6,14-15H2,1-4H3,(H,24,28)/t22-/m1/s1. The van der Waals surface area contributed by atoms with E-state index in [1.807, 2.05) is 24.3 Å². The number of nitrogens with zero attached hydrogens (tertiary/aromatic N) is 2. The normalized spacial score (nSPS) is 15.5. The predicted molar refractivity (Wildman–Crippen MR) is 122 cm³/mol. The van der Waals surface area contributed by atoms with Gasteiger partial charge in [-0.25, -0.2) is 8.42 Å². The van der Waals surface area contributed by atoms with Crippen molar-refractivity contribution in [1.82, 2.24) is 9.62 Å². The highest BCUT2D eigenvalue weighted by Gasteiger charge is 2.37. The van der Waals surface area contributed by atoms with Gasteiger partial charge >= 0.3 is 0 Å². The van der Waals surface area contributed by atoms with Crippen LogP contribution in [0.4, 0.5) is 5.69 Å². The molecule has 0 bridgehead atoms. The van der Waals surface area contributed by atoms with Crippen LogP contribution in [-0.4, -0.2) is 50.8 Å². The van der Waals surface area contributed by atoms with Gasteiger partial charge < -0.3 is 10.1 Å². The summed E-state index contributed by atoms with van der Waals surface area (Å²) in [5.74, 6) is 0.120. The van der Waals surface area contributed by atoms with Gasteiger partial charge in [-0.3, -0.25) is 14.5 Å². The lowest BCUT2D eigenvalue weighted by molar-refractivity contribution is -0.125. The Morgan fingerprint density at radius 2 is 1.88 bits per heavy atom. The quantitative estimate of drug-likeness (QED) is 0.654. The minimum atomic E-state index is -3.63. The number of sulfonamides is 1. The zero-order chi connectivity index (χ0) is 23.5. The van der Waals surface area contributed by atoms with Crippen molar-refractivity contribution in [2.75, 3.05) is 25.1 Å². The summed E-state index contributed by atoms with van der Waals surface area (Å²) >= 11 is 0.